The summed E-state index contributed by atoms with van der Waals surface area (Å²) in [5.41, 5.74) is -1.77. The number of carbonyl (C=O) groups is 2. The van der Waals surface area contributed by atoms with E-state index in [4.69, 9.17) is 18.5 Å². The topological polar surface area (TPSA) is 100 Å². The summed E-state index contributed by atoms with van der Waals surface area (Å²) in [7, 11) is -3.82. The first kappa shape index (κ1) is 29.6. The molecule has 200 valence electrons. The van der Waals surface area contributed by atoms with Gasteiger partial charge in [-0.1, -0.05) is 18.2 Å². The van der Waals surface area contributed by atoms with E-state index in [9.17, 15) is 27.3 Å². The Morgan fingerprint density at radius 3 is 1.94 bits per heavy atom. The van der Waals surface area contributed by atoms with Crippen molar-refractivity contribution in [1.29, 1.82) is 0 Å². The lowest BCUT2D eigenvalue weighted by Crippen LogP contribution is -2.35. The summed E-state index contributed by atoms with van der Waals surface area (Å²) in [6, 6.07) is 4.63. The maximum atomic E-state index is 14.1. The van der Waals surface area contributed by atoms with Gasteiger partial charge >= 0.3 is 25.7 Å². The Hall–Kier alpha value is -2.62. The van der Waals surface area contributed by atoms with Crippen LogP contribution in [0.25, 0.3) is 0 Å². The Balaban J connectivity index is 2.91. The van der Waals surface area contributed by atoms with Crippen molar-refractivity contribution in [3.05, 3.63) is 57.9 Å². The molecule has 0 spiro atoms. The van der Waals surface area contributed by atoms with Gasteiger partial charge in [0.1, 0.15) is 0 Å². The Morgan fingerprint density at radius 1 is 0.917 bits per heavy atom. The second-order valence-corrected chi connectivity index (χ2v) is 9.67. The monoisotopic (exact) mass is 533 g/mol. The second kappa shape index (κ2) is 12.6. The molecule has 0 saturated carbocycles. The smallest absolute Gasteiger partial charge is 0.416 e. The first-order chi connectivity index (χ1) is 16.9. The number of esters is 2. The number of allylic oxidation sites excluding steroid dienone is 2. The molecule has 1 N–H and O–H groups in total. The van der Waals surface area contributed by atoms with Gasteiger partial charge < -0.3 is 23.8 Å². The van der Waals surface area contributed by atoms with Gasteiger partial charge in [-0.15, -0.1) is 0 Å². The molecule has 0 bridgehead atoms. The van der Waals surface area contributed by atoms with Crippen LogP contribution >= 0.6 is 7.60 Å². The minimum Gasteiger partial charge on any atom is -0.463 e. The molecule has 0 fully saturated rings. The van der Waals surface area contributed by atoms with Crippen molar-refractivity contribution >= 4 is 19.5 Å². The van der Waals surface area contributed by atoms with Gasteiger partial charge in [0.2, 0.25) is 0 Å². The van der Waals surface area contributed by atoms with Gasteiger partial charge in [0.15, 0.2) is 0 Å². The van der Waals surface area contributed by atoms with Crippen molar-refractivity contribution in [2.75, 3.05) is 32.6 Å². The van der Waals surface area contributed by atoms with Gasteiger partial charge in [0, 0.05) is 11.4 Å². The molecular formula is C24H31F3NO7P. The molecule has 0 amide bonds. The number of carbonyl (C=O) groups excluding carboxylic acids is 2. The zero-order chi connectivity index (χ0) is 27.1. The highest BCUT2D eigenvalue weighted by Gasteiger charge is 2.45. The van der Waals surface area contributed by atoms with Gasteiger partial charge in [0.25, 0.3) is 0 Å². The quantitative estimate of drug-likeness (QED) is 0.302. The highest BCUT2D eigenvalue weighted by atomic mass is 31.2. The maximum Gasteiger partial charge on any atom is 0.416 e. The number of benzene rings is 1. The molecule has 0 radical (unpaired) electrons. The number of hydrogen-bond donors (Lipinski definition) is 1. The third-order valence-corrected chi connectivity index (χ3v) is 7.22. The molecule has 1 aromatic rings. The molecule has 12 heteroatoms. The largest absolute Gasteiger partial charge is 0.463 e. The van der Waals surface area contributed by atoms with Crippen LogP contribution in [0.15, 0.2) is 46.8 Å². The summed E-state index contributed by atoms with van der Waals surface area (Å²) >= 11 is 0. The fourth-order valence-electron chi connectivity index (χ4n) is 3.98. The molecule has 0 aromatic heterocycles. The van der Waals surface area contributed by atoms with Gasteiger partial charge in [-0.3, -0.25) is 4.57 Å². The minimum absolute atomic E-state index is 0.0220. The van der Waals surface area contributed by atoms with Crippen LogP contribution in [-0.2, 0) is 38.9 Å². The maximum absolute atomic E-state index is 14.1. The fourth-order valence-corrected chi connectivity index (χ4v) is 5.66. The molecule has 1 aliphatic heterocycles. The normalized spacial score (nSPS) is 16.6. The summed E-state index contributed by atoms with van der Waals surface area (Å²) in [5, 5.41) is 2.87. The van der Waals surface area contributed by atoms with Crippen LogP contribution < -0.4 is 5.32 Å². The number of rotatable bonds is 11. The molecule has 1 atom stereocenters. The van der Waals surface area contributed by atoms with Crippen molar-refractivity contribution < 1.29 is 45.8 Å². The lowest BCUT2D eigenvalue weighted by molar-refractivity contribution is -0.142. The van der Waals surface area contributed by atoms with Gasteiger partial charge in [0.05, 0.1) is 55.2 Å². The molecule has 0 saturated heterocycles. The van der Waals surface area contributed by atoms with E-state index < -0.39 is 43.4 Å². The predicted octanol–water partition coefficient (Wildman–Crippen LogP) is 5.31. The van der Waals surface area contributed by atoms with Crippen molar-refractivity contribution in [1.82, 2.24) is 5.32 Å². The summed E-state index contributed by atoms with van der Waals surface area (Å²) in [6.45, 7) is 7.69. The van der Waals surface area contributed by atoms with Crippen LogP contribution in [-0.4, -0.2) is 44.5 Å². The van der Waals surface area contributed by atoms with E-state index in [0.29, 0.717) is 0 Å². The van der Waals surface area contributed by atoms with E-state index in [-0.39, 0.29) is 54.5 Å². The van der Waals surface area contributed by atoms with Crippen LogP contribution in [0.1, 0.15) is 51.7 Å². The first-order valence-electron chi connectivity index (χ1n) is 11.5. The molecule has 1 unspecified atom stereocenters. The number of dihydropyridines is 1. The predicted molar refractivity (Wildman–Crippen MR) is 126 cm³/mol. The number of hydrogen-bond acceptors (Lipinski definition) is 8. The molecule has 2 rings (SSSR count). The van der Waals surface area contributed by atoms with Crippen molar-refractivity contribution in [2.24, 2.45) is 0 Å². The van der Waals surface area contributed by atoms with Gasteiger partial charge in [-0.2, -0.15) is 13.2 Å². The van der Waals surface area contributed by atoms with Crippen molar-refractivity contribution in [2.45, 2.75) is 46.7 Å². The third-order valence-electron chi connectivity index (χ3n) is 5.22. The lowest BCUT2D eigenvalue weighted by Gasteiger charge is -2.33. The van der Waals surface area contributed by atoms with E-state index in [0.717, 1.165) is 6.07 Å². The SMILES string of the molecule is CCOC(=O)C1=C(C)NC(CP(=O)(OCC)OCC)=C(C(=O)OCC)C1c1ccccc1C(F)(F)F. The number of alkyl halides is 3. The van der Waals surface area contributed by atoms with E-state index >= 15 is 0 Å². The van der Waals surface area contributed by atoms with Crippen LogP contribution in [0.5, 0.6) is 0 Å². The summed E-state index contributed by atoms with van der Waals surface area (Å²) in [4.78, 5) is 26.2. The Bertz CT molecular complexity index is 1070. The first-order valence-corrected chi connectivity index (χ1v) is 13.3. The Morgan fingerprint density at radius 2 is 1.44 bits per heavy atom. The van der Waals surface area contributed by atoms with Crippen LogP contribution in [0.4, 0.5) is 13.2 Å². The molecule has 1 heterocycles. The highest BCUT2D eigenvalue weighted by molar-refractivity contribution is 7.54. The number of nitrogens with one attached hydrogen (secondary N) is 1. The molecule has 1 aliphatic rings. The standard InChI is InChI=1S/C24H31F3NO7P/c1-6-32-22(29)19-15(5)28-18(14-36(31,34-8-3)35-9-4)21(23(30)33-7-2)20(19)16-12-10-11-13-17(16)24(25,26)27/h10-13,20,28H,6-9,14H2,1-5H3. The highest BCUT2D eigenvalue weighted by Crippen LogP contribution is 2.52. The van der Waals surface area contributed by atoms with E-state index in [1.54, 1.807) is 20.8 Å². The zero-order valence-electron chi connectivity index (χ0n) is 20.9. The van der Waals surface area contributed by atoms with E-state index in [2.05, 4.69) is 5.32 Å². The molecule has 1 aromatic carbocycles. The molecular weight excluding hydrogens is 502 g/mol. The number of halogens is 3. The summed E-state index contributed by atoms with van der Waals surface area (Å²) in [5.74, 6) is -3.40. The van der Waals surface area contributed by atoms with Crippen LogP contribution in [0.3, 0.4) is 0 Å². The van der Waals surface area contributed by atoms with Gasteiger partial charge in [-0.25, -0.2) is 9.59 Å². The van der Waals surface area contributed by atoms with Crippen molar-refractivity contribution in [3.8, 4) is 0 Å². The molecule has 0 aliphatic carbocycles. The minimum atomic E-state index is -4.79. The molecule has 36 heavy (non-hydrogen) atoms. The van der Waals surface area contributed by atoms with Crippen LogP contribution in [0, 0.1) is 0 Å². The molecule has 8 nitrogen and oxygen atoms in total. The third kappa shape index (κ3) is 6.78. The average molecular weight is 533 g/mol. The van der Waals surface area contributed by atoms with Gasteiger partial charge in [-0.05, 0) is 46.2 Å². The fraction of sp³-hybridized carbons (Fsp3) is 0.500. The van der Waals surface area contributed by atoms with E-state index in [1.165, 1.54) is 32.0 Å². The Labute approximate surface area is 208 Å². The zero-order valence-corrected chi connectivity index (χ0v) is 21.8. The summed E-state index contributed by atoms with van der Waals surface area (Å²) < 4.78 is 76.5. The summed E-state index contributed by atoms with van der Waals surface area (Å²) in [6.07, 6.45) is -5.25. The second-order valence-electron chi connectivity index (χ2n) is 7.62. The van der Waals surface area contributed by atoms with Crippen molar-refractivity contribution in [3.63, 3.8) is 0 Å². The Kier molecular flexibility index (Phi) is 10.3. The lowest BCUT2D eigenvalue weighted by atomic mass is 9.78. The van der Waals surface area contributed by atoms with E-state index in [1.807, 2.05) is 0 Å². The number of ether oxygens (including phenoxy) is 2. The van der Waals surface area contributed by atoms with Crippen LogP contribution in [0.2, 0.25) is 0 Å². The average Bonchev–Trinajstić information content (AvgIpc) is 2.78.